The molecule has 1 saturated heterocycles. The second-order valence-electron chi connectivity index (χ2n) is 7.99. The number of urea groups is 1. The second-order valence-corrected chi connectivity index (χ2v) is 8.37. The number of hydrazine groups is 1. The van der Waals surface area contributed by atoms with E-state index in [0.717, 1.165) is 18.9 Å². The number of nitrogens with zero attached hydrogens (tertiary/aromatic N) is 3. The molecule has 0 unspecified atom stereocenters. The molecule has 0 spiro atoms. The normalized spacial score (nSPS) is 17.3. The first-order valence-electron chi connectivity index (χ1n) is 10.5. The maximum Gasteiger partial charge on any atom is 0.420 e. The predicted octanol–water partition coefficient (Wildman–Crippen LogP) is 3.84. The van der Waals surface area contributed by atoms with Crippen LogP contribution in [-0.2, 0) is 11.0 Å². The van der Waals surface area contributed by atoms with Gasteiger partial charge in [-0.05, 0) is 43.4 Å². The first-order chi connectivity index (χ1) is 15.7. The fourth-order valence-corrected chi connectivity index (χ4v) is 4.33. The Balaban J connectivity index is 1.57. The number of halogens is 4. The van der Waals surface area contributed by atoms with Crippen molar-refractivity contribution in [1.82, 2.24) is 20.2 Å². The van der Waals surface area contributed by atoms with Gasteiger partial charge in [0.2, 0.25) is 12.2 Å². The maximum atomic E-state index is 13.7. The third-order valence-electron chi connectivity index (χ3n) is 5.90. The zero-order chi connectivity index (χ0) is 23.9. The molecule has 1 N–H and O–H groups in total. The largest absolute Gasteiger partial charge is 0.449 e. The quantitative estimate of drug-likeness (QED) is 0.649. The lowest BCUT2D eigenvalue weighted by atomic mass is 10.0. The van der Waals surface area contributed by atoms with Crippen LogP contribution >= 0.6 is 11.6 Å². The highest BCUT2D eigenvalue weighted by Gasteiger charge is 2.39. The zero-order valence-corrected chi connectivity index (χ0v) is 18.5. The standard InChI is InChI=1S/C21H22ClF3N4O4/c1-2-29(20(32)26-11-30)28-7-5-27(6-8-28)19(31)18-16(22)14-9-13(12-3-4-12)10-15(17(14)33-18)21(23,24)25/h9-12H,2-8H2,1H3,(H,26,30,32). The summed E-state index contributed by atoms with van der Waals surface area (Å²) in [6, 6.07) is 2.07. The lowest BCUT2D eigenvalue weighted by Gasteiger charge is -2.40. The number of carbonyl (C=O) groups is 3. The second kappa shape index (κ2) is 8.86. The van der Waals surface area contributed by atoms with E-state index in [0.29, 0.717) is 12.1 Å². The van der Waals surface area contributed by atoms with Crippen LogP contribution in [0.2, 0.25) is 5.02 Å². The number of benzene rings is 1. The van der Waals surface area contributed by atoms with Crippen LogP contribution < -0.4 is 5.32 Å². The minimum absolute atomic E-state index is 0.0617. The zero-order valence-electron chi connectivity index (χ0n) is 17.7. The Kier molecular flexibility index (Phi) is 6.28. The first-order valence-corrected chi connectivity index (χ1v) is 10.9. The van der Waals surface area contributed by atoms with E-state index in [2.05, 4.69) is 5.32 Å². The Hall–Kier alpha value is -2.79. The first kappa shape index (κ1) is 23.4. The van der Waals surface area contributed by atoms with Crippen molar-refractivity contribution in [1.29, 1.82) is 0 Å². The molecule has 4 rings (SSSR count). The summed E-state index contributed by atoms with van der Waals surface area (Å²) in [4.78, 5) is 37.0. The number of alkyl halides is 3. The van der Waals surface area contributed by atoms with E-state index < -0.39 is 29.3 Å². The number of furan rings is 1. The molecule has 2 aromatic rings. The SMILES string of the molecule is CCN(C(=O)NC=O)N1CCN(C(=O)c2oc3c(C(F)(F)F)cc(C4CC4)cc3c2Cl)CC1. The van der Waals surface area contributed by atoms with Gasteiger partial charge in [-0.1, -0.05) is 11.6 Å². The third kappa shape index (κ3) is 4.51. The molecule has 1 saturated carbocycles. The summed E-state index contributed by atoms with van der Waals surface area (Å²) < 4.78 is 46.5. The topological polar surface area (TPSA) is 86.1 Å². The molecule has 0 radical (unpaired) electrons. The Morgan fingerprint density at radius 1 is 1.24 bits per heavy atom. The number of carbonyl (C=O) groups excluding carboxylic acids is 3. The summed E-state index contributed by atoms with van der Waals surface area (Å²) in [6.45, 7) is 3.00. The lowest BCUT2D eigenvalue weighted by Crippen LogP contribution is -2.58. The van der Waals surface area contributed by atoms with Crippen LogP contribution in [0.1, 0.15) is 47.4 Å². The van der Waals surface area contributed by atoms with Crippen LogP contribution in [0.5, 0.6) is 0 Å². The van der Waals surface area contributed by atoms with Crippen LogP contribution in [0, 0.1) is 0 Å². The summed E-state index contributed by atoms with van der Waals surface area (Å²) in [5.41, 5.74) is -0.840. The molecule has 1 aromatic heterocycles. The molecule has 0 bridgehead atoms. The van der Waals surface area contributed by atoms with Gasteiger partial charge in [0.1, 0.15) is 5.58 Å². The van der Waals surface area contributed by atoms with Crippen LogP contribution in [0.4, 0.5) is 18.0 Å². The highest BCUT2D eigenvalue weighted by atomic mass is 35.5. The van der Waals surface area contributed by atoms with Gasteiger partial charge in [0.25, 0.3) is 5.91 Å². The van der Waals surface area contributed by atoms with Crippen molar-refractivity contribution in [3.63, 3.8) is 0 Å². The lowest BCUT2D eigenvalue weighted by molar-refractivity contribution is -0.136. The molecule has 12 heteroatoms. The van der Waals surface area contributed by atoms with Gasteiger partial charge >= 0.3 is 12.2 Å². The van der Waals surface area contributed by atoms with E-state index >= 15 is 0 Å². The van der Waals surface area contributed by atoms with Gasteiger partial charge in [0.05, 0.1) is 10.6 Å². The van der Waals surface area contributed by atoms with E-state index in [1.54, 1.807) is 18.0 Å². The van der Waals surface area contributed by atoms with Crippen molar-refractivity contribution in [3.05, 3.63) is 34.0 Å². The predicted molar refractivity (Wildman–Crippen MR) is 113 cm³/mol. The summed E-state index contributed by atoms with van der Waals surface area (Å²) in [7, 11) is 0. The fourth-order valence-electron chi connectivity index (χ4n) is 4.07. The molecule has 1 aromatic carbocycles. The highest BCUT2D eigenvalue weighted by molar-refractivity contribution is 6.38. The van der Waals surface area contributed by atoms with Gasteiger partial charge in [0, 0.05) is 38.1 Å². The Morgan fingerprint density at radius 2 is 1.91 bits per heavy atom. The van der Waals surface area contributed by atoms with Gasteiger partial charge in [0.15, 0.2) is 0 Å². The number of piperazine rings is 1. The summed E-state index contributed by atoms with van der Waals surface area (Å²) in [5.74, 6) is -0.881. The molecule has 1 aliphatic heterocycles. The molecule has 0 atom stereocenters. The van der Waals surface area contributed by atoms with Crippen LogP contribution in [-0.4, -0.2) is 66.0 Å². The van der Waals surface area contributed by atoms with Crippen molar-refractivity contribution in [3.8, 4) is 0 Å². The average molecular weight is 487 g/mol. The van der Waals surface area contributed by atoms with Gasteiger partial charge in [-0.3, -0.25) is 19.9 Å². The highest BCUT2D eigenvalue weighted by Crippen LogP contribution is 2.46. The van der Waals surface area contributed by atoms with E-state index in [4.69, 9.17) is 16.0 Å². The number of amides is 4. The molecule has 2 aliphatic rings. The number of rotatable bonds is 5. The van der Waals surface area contributed by atoms with Crippen LogP contribution in [0.25, 0.3) is 11.0 Å². The van der Waals surface area contributed by atoms with E-state index in [-0.39, 0.29) is 54.7 Å². The molecular formula is C21H22ClF3N4O4. The number of nitrogens with one attached hydrogen (secondary N) is 1. The van der Waals surface area contributed by atoms with Crippen LogP contribution in [0.3, 0.4) is 0 Å². The molecule has 178 valence electrons. The van der Waals surface area contributed by atoms with Crippen molar-refractivity contribution >= 4 is 40.9 Å². The molecule has 2 heterocycles. The molecule has 2 fully saturated rings. The summed E-state index contributed by atoms with van der Waals surface area (Å²) in [5, 5.41) is 5.05. The number of imide groups is 1. The number of fused-ring (bicyclic) bond motifs is 1. The van der Waals surface area contributed by atoms with Crippen molar-refractivity contribution in [2.75, 3.05) is 32.7 Å². The van der Waals surface area contributed by atoms with Gasteiger partial charge in [-0.25, -0.2) is 9.80 Å². The summed E-state index contributed by atoms with van der Waals surface area (Å²) in [6.07, 6.45) is -2.73. The number of hydrogen-bond acceptors (Lipinski definition) is 5. The van der Waals surface area contributed by atoms with Crippen LogP contribution in [0.15, 0.2) is 16.5 Å². The Morgan fingerprint density at radius 3 is 2.45 bits per heavy atom. The van der Waals surface area contributed by atoms with Crippen molar-refractivity contribution in [2.24, 2.45) is 0 Å². The van der Waals surface area contributed by atoms with Crippen molar-refractivity contribution in [2.45, 2.75) is 31.9 Å². The smallest absolute Gasteiger partial charge is 0.420 e. The third-order valence-corrected chi connectivity index (χ3v) is 6.28. The minimum atomic E-state index is -4.65. The molecular weight excluding hydrogens is 465 g/mol. The molecule has 33 heavy (non-hydrogen) atoms. The van der Waals surface area contributed by atoms with Gasteiger partial charge < -0.3 is 9.32 Å². The van der Waals surface area contributed by atoms with E-state index in [1.165, 1.54) is 9.91 Å². The molecule has 4 amide bonds. The van der Waals surface area contributed by atoms with Gasteiger partial charge in [-0.15, -0.1) is 0 Å². The Labute approximate surface area is 192 Å². The number of hydrogen-bond donors (Lipinski definition) is 1. The van der Waals surface area contributed by atoms with E-state index in [1.807, 2.05) is 0 Å². The Bertz CT molecular complexity index is 1090. The average Bonchev–Trinajstić information content (AvgIpc) is 3.57. The maximum absolute atomic E-state index is 13.7. The minimum Gasteiger partial charge on any atom is -0.449 e. The molecule has 1 aliphatic carbocycles. The molecule has 8 nitrogen and oxygen atoms in total. The van der Waals surface area contributed by atoms with Crippen molar-refractivity contribution < 1.29 is 32.0 Å². The summed E-state index contributed by atoms with van der Waals surface area (Å²) >= 11 is 6.36. The van der Waals surface area contributed by atoms with E-state index in [9.17, 15) is 27.6 Å². The monoisotopic (exact) mass is 486 g/mol. The van der Waals surface area contributed by atoms with Gasteiger partial charge in [-0.2, -0.15) is 13.2 Å². The fraction of sp³-hybridized carbons (Fsp3) is 0.476.